The highest BCUT2D eigenvalue weighted by Crippen LogP contribution is 2.26. The van der Waals surface area contributed by atoms with E-state index in [1.54, 1.807) is 13.1 Å². The van der Waals surface area contributed by atoms with Crippen molar-refractivity contribution in [2.45, 2.75) is 19.0 Å². The maximum atomic E-state index is 12.3. The van der Waals surface area contributed by atoms with E-state index in [0.29, 0.717) is 17.5 Å². The molecule has 0 bridgehead atoms. The first-order chi connectivity index (χ1) is 12.2. The van der Waals surface area contributed by atoms with Gasteiger partial charge in [-0.25, -0.2) is 0 Å². The lowest BCUT2D eigenvalue weighted by Crippen LogP contribution is -2.23. The lowest BCUT2D eigenvalue weighted by atomic mass is 10.0. The van der Waals surface area contributed by atoms with Gasteiger partial charge in [-0.2, -0.15) is 9.78 Å². The molecular weight excluding hydrogens is 336 g/mol. The zero-order valence-electron chi connectivity index (χ0n) is 14.3. The highest BCUT2D eigenvalue weighted by Gasteiger charge is 2.10. The second-order valence-electron chi connectivity index (χ2n) is 5.27. The normalized spacial score (nSPS) is 11.3. The summed E-state index contributed by atoms with van der Waals surface area (Å²) in [4.78, 5) is 12.3. The molecule has 1 heterocycles. The molecule has 0 saturated heterocycles. The molecule has 0 spiro atoms. The third kappa shape index (κ3) is 3.41. The second-order valence-corrected chi connectivity index (χ2v) is 6.04. The molecule has 2 aromatic carbocycles. The minimum atomic E-state index is -0.284. The topological polar surface area (TPSA) is 69.4 Å². The smallest absolute Gasteiger partial charge is 0.296 e. The quantitative estimate of drug-likeness (QED) is 0.520. The summed E-state index contributed by atoms with van der Waals surface area (Å²) >= 11 is 1.32. The summed E-state index contributed by atoms with van der Waals surface area (Å²) in [5, 5.41) is 14.8. The van der Waals surface area contributed by atoms with Gasteiger partial charge in [0.05, 0.1) is 12.8 Å². The van der Waals surface area contributed by atoms with E-state index in [-0.39, 0.29) is 5.56 Å². The van der Waals surface area contributed by atoms with Crippen LogP contribution in [-0.2, 0) is 0 Å². The summed E-state index contributed by atoms with van der Waals surface area (Å²) in [7, 11) is 0. The summed E-state index contributed by atoms with van der Waals surface area (Å²) in [6.07, 6.45) is 3.48. The number of ether oxygens (including phenoxy) is 1. The van der Waals surface area contributed by atoms with E-state index < -0.39 is 0 Å². The van der Waals surface area contributed by atoms with Gasteiger partial charge >= 0.3 is 0 Å². The van der Waals surface area contributed by atoms with Crippen LogP contribution in [0.3, 0.4) is 0 Å². The van der Waals surface area contributed by atoms with Crippen molar-refractivity contribution in [3.8, 4) is 5.75 Å². The van der Waals surface area contributed by atoms with Crippen LogP contribution in [0.25, 0.3) is 10.8 Å². The molecule has 0 aliphatic heterocycles. The molecule has 0 unspecified atom stereocenters. The van der Waals surface area contributed by atoms with Crippen molar-refractivity contribution in [3.63, 3.8) is 0 Å². The number of hydrogen-bond acceptors (Lipinski definition) is 6. The van der Waals surface area contributed by atoms with Gasteiger partial charge < -0.3 is 4.74 Å². The van der Waals surface area contributed by atoms with Crippen molar-refractivity contribution in [3.05, 3.63) is 58.0 Å². The molecule has 3 rings (SSSR count). The van der Waals surface area contributed by atoms with Crippen LogP contribution >= 0.6 is 11.8 Å². The summed E-state index contributed by atoms with van der Waals surface area (Å²) in [6.45, 7) is 4.10. The van der Waals surface area contributed by atoms with Gasteiger partial charge in [-0.3, -0.25) is 4.79 Å². The van der Waals surface area contributed by atoms with E-state index in [0.717, 1.165) is 22.1 Å². The Labute approximate surface area is 149 Å². The maximum Gasteiger partial charge on any atom is 0.296 e. The number of thioether (sulfide) groups is 1. The van der Waals surface area contributed by atoms with Crippen molar-refractivity contribution in [1.82, 2.24) is 14.9 Å². The van der Waals surface area contributed by atoms with Crippen molar-refractivity contribution < 1.29 is 4.74 Å². The van der Waals surface area contributed by atoms with Gasteiger partial charge in [-0.05, 0) is 36.9 Å². The van der Waals surface area contributed by atoms with Gasteiger partial charge in [0.15, 0.2) is 0 Å². The van der Waals surface area contributed by atoms with Crippen LogP contribution < -0.4 is 10.3 Å². The number of hydrogen-bond donors (Lipinski definition) is 0. The molecule has 1 aromatic heterocycles. The number of benzene rings is 2. The fraction of sp³-hybridized carbons (Fsp3) is 0.222. The number of rotatable bonds is 5. The number of fused-ring (bicyclic) bond motifs is 1. The Morgan fingerprint density at radius 3 is 2.80 bits per heavy atom. The Kier molecular flexibility index (Phi) is 5.14. The monoisotopic (exact) mass is 354 g/mol. The molecule has 0 fully saturated rings. The number of aromatic nitrogens is 3. The number of aryl methyl sites for hydroxylation is 1. The van der Waals surface area contributed by atoms with Crippen molar-refractivity contribution in [1.29, 1.82) is 0 Å². The van der Waals surface area contributed by atoms with Gasteiger partial charge in [0.2, 0.25) is 5.16 Å². The van der Waals surface area contributed by atoms with E-state index in [9.17, 15) is 4.79 Å². The molecule has 128 valence electrons. The Morgan fingerprint density at radius 2 is 2.04 bits per heavy atom. The number of nitrogens with zero attached hydrogens (tertiary/aromatic N) is 4. The van der Waals surface area contributed by atoms with E-state index in [4.69, 9.17) is 4.74 Å². The van der Waals surface area contributed by atoms with E-state index in [1.807, 2.05) is 49.6 Å². The lowest BCUT2D eigenvalue weighted by molar-refractivity contribution is 0.340. The van der Waals surface area contributed by atoms with Crippen LogP contribution in [0, 0.1) is 6.92 Å². The first kappa shape index (κ1) is 17.2. The van der Waals surface area contributed by atoms with Crippen LogP contribution in [0.1, 0.15) is 18.2 Å². The van der Waals surface area contributed by atoms with Crippen molar-refractivity contribution in [2.24, 2.45) is 5.10 Å². The van der Waals surface area contributed by atoms with Crippen molar-refractivity contribution >= 4 is 28.7 Å². The van der Waals surface area contributed by atoms with Crippen LogP contribution in [0.15, 0.2) is 51.5 Å². The highest BCUT2D eigenvalue weighted by molar-refractivity contribution is 7.98. The van der Waals surface area contributed by atoms with Crippen molar-refractivity contribution in [2.75, 3.05) is 12.9 Å². The molecule has 7 heteroatoms. The first-order valence-electron chi connectivity index (χ1n) is 7.85. The molecule has 0 radical (unpaired) electrons. The molecule has 0 aliphatic carbocycles. The maximum absolute atomic E-state index is 12.3. The molecule has 0 amide bonds. The zero-order valence-corrected chi connectivity index (χ0v) is 15.1. The van der Waals surface area contributed by atoms with Gasteiger partial charge in [0.1, 0.15) is 11.4 Å². The van der Waals surface area contributed by atoms with E-state index in [1.165, 1.54) is 16.4 Å². The second kappa shape index (κ2) is 7.48. The average molecular weight is 354 g/mol. The summed E-state index contributed by atoms with van der Waals surface area (Å²) in [5.41, 5.74) is 0.847. The summed E-state index contributed by atoms with van der Waals surface area (Å²) < 4.78 is 7.00. The first-order valence-corrected chi connectivity index (χ1v) is 9.07. The average Bonchev–Trinajstić information content (AvgIpc) is 2.64. The zero-order chi connectivity index (χ0) is 17.8. The van der Waals surface area contributed by atoms with Crippen LogP contribution in [0.2, 0.25) is 0 Å². The molecule has 0 aliphatic rings. The van der Waals surface area contributed by atoms with E-state index in [2.05, 4.69) is 15.3 Å². The fourth-order valence-electron chi connectivity index (χ4n) is 2.48. The van der Waals surface area contributed by atoms with Crippen LogP contribution in [0.5, 0.6) is 5.75 Å². The molecule has 0 N–H and O–H groups in total. The summed E-state index contributed by atoms with van der Waals surface area (Å²) in [5.74, 6) is 0.724. The predicted octanol–water partition coefficient (Wildman–Crippen LogP) is 3.10. The highest BCUT2D eigenvalue weighted by atomic mass is 32.2. The molecule has 6 nitrogen and oxygen atoms in total. The predicted molar refractivity (Wildman–Crippen MR) is 101 cm³/mol. The molecule has 0 atom stereocenters. The van der Waals surface area contributed by atoms with Gasteiger partial charge in [0.25, 0.3) is 5.56 Å². The molecular formula is C18H18N4O2S. The van der Waals surface area contributed by atoms with Crippen LogP contribution in [-0.4, -0.2) is 34.0 Å². The Morgan fingerprint density at radius 1 is 1.24 bits per heavy atom. The minimum absolute atomic E-state index is 0.284. The largest absolute Gasteiger partial charge is 0.493 e. The Bertz CT molecular complexity index is 998. The van der Waals surface area contributed by atoms with Gasteiger partial charge in [-0.15, -0.1) is 10.2 Å². The lowest BCUT2D eigenvalue weighted by Gasteiger charge is -2.10. The Balaban J connectivity index is 2.18. The third-order valence-corrected chi connectivity index (χ3v) is 4.30. The molecule has 3 aromatic rings. The standard InChI is InChI=1S/C18H18N4O2S/c1-4-24-16-10-9-13-7-5-6-8-14(13)15(16)11-19-22-17(23)12(2)20-21-18(22)25-3/h5-11H,4H2,1-3H3/b19-11-. The molecule has 0 saturated carbocycles. The molecule has 25 heavy (non-hydrogen) atoms. The minimum Gasteiger partial charge on any atom is -0.493 e. The van der Waals surface area contributed by atoms with Gasteiger partial charge in [-0.1, -0.05) is 42.1 Å². The summed E-state index contributed by atoms with van der Waals surface area (Å²) in [6, 6.07) is 11.9. The SMILES string of the molecule is CCOc1ccc2ccccc2c1/C=N\n1c(SC)nnc(C)c1=O. The van der Waals surface area contributed by atoms with Gasteiger partial charge in [0, 0.05) is 5.56 Å². The third-order valence-electron chi connectivity index (χ3n) is 3.68. The fourth-order valence-corrected chi connectivity index (χ4v) is 2.90. The Hall–Kier alpha value is -2.67. The van der Waals surface area contributed by atoms with E-state index >= 15 is 0 Å². The van der Waals surface area contributed by atoms with Crippen LogP contribution in [0.4, 0.5) is 0 Å².